The van der Waals surface area contributed by atoms with Crippen molar-refractivity contribution in [3.63, 3.8) is 0 Å². The Bertz CT molecular complexity index is 308. The number of oxime groups is 1. The van der Waals surface area contributed by atoms with Crippen molar-refractivity contribution in [3.8, 4) is 5.75 Å². The van der Waals surface area contributed by atoms with Gasteiger partial charge in [0.25, 0.3) is 0 Å². The van der Waals surface area contributed by atoms with Crippen molar-refractivity contribution in [1.82, 2.24) is 0 Å². The van der Waals surface area contributed by atoms with Crippen LogP contribution in [-0.4, -0.2) is 17.9 Å². The van der Waals surface area contributed by atoms with Crippen LogP contribution in [-0.2, 0) is 11.3 Å². The normalized spacial score (nSPS) is 11.4. The number of phenols is 1. The molecule has 0 fully saturated rings. The van der Waals surface area contributed by atoms with Crippen molar-refractivity contribution in [2.75, 3.05) is 7.11 Å². The van der Waals surface area contributed by atoms with Gasteiger partial charge in [-0.15, -0.1) is 0 Å². The molecule has 0 aliphatic carbocycles. The highest BCUT2D eigenvalue weighted by molar-refractivity contribution is 5.84. The summed E-state index contributed by atoms with van der Waals surface area (Å²) < 4.78 is 0. The van der Waals surface area contributed by atoms with Gasteiger partial charge < -0.3 is 9.94 Å². The fourth-order valence-corrected chi connectivity index (χ4v) is 1.12. The molecule has 0 unspecified atom stereocenters. The first-order valence-corrected chi connectivity index (χ1v) is 4.07. The lowest BCUT2D eigenvalue weighted by atomic mass is 10.1. The molecule has 0 amide bonds. The molecule has 0 aliphatic rings. The van der Waals surface area contributed by atoms with Crippen LogP contribution < -0.4 is 0 Å². The second-order valence-electron chi connectivity index (χ2n) is 2.81. The Morgan fingerprint density at radius 1 is 1.46 bits per heavy atom. The molecule has 70 valence electrons. The van der Waals surface area contributed by atoms with Crippen LogP contribution in [0.2, 0.25) is 0 Å². The Morgan fingerprint density at radius 3 is 2.77 bits per heavy atom. The molecule has 0 atom stereocenters. The van der Waals surface area contributed by atoms with Crippen molar-refractivity contribution in [3.05, 3.63) is 29.8 Å². The van der Waals surface area contributed by atoms with Gasteiger partial charge in [-0.25, -0.2) is 0 Å². The number of aromatic hydroxyl groups is 1. The van der Waals surface area contributed by atoms with Gasteiger partial charge in [-0.1, -0.05) is 23.4 Å². The largest absolute Gasteiger partial charge is 0.508 e. The number of para-hydroxylation sites is 1. The van der Waals surface area contributed by atoms with E-state index >= 15 is 0 Å². The number of rotatable bonds is 3. The molecule has 0 aromatic heterocycles. The van der Waals surface area contributed by atoms with E-state index in [1.807, 2.05) is 19.1 Å². The van der Waals surface area contributed by atoms with E-state index in [2.05, 4.69) is 9.99 Å². The molecule has 0 saturated heterocycles. The monoisotopic (exact) mass is 179 g/mol. The van der Waals surface area contributed by atoms with E-state index in [1.54, 1.807) is 12.1 Å². The van der Waals surface area contributed by atoms with E-state index < -0.39 is 0 Å². The lowest BCUT2D eigenvalue weighted by Crippen LogP contribution is -1.98. The van der Waals surface area contributed by atoms with E-state index in [0.717, 1.165) is 11.3 Å². The Morgan fingerprint density at radius 2 is 2.15 bits per heavy atom. The molecule has 3 nitrogen and oxygen atoms in total. The van der Waals surface area contributed by atoms with Crippen molar-refractivity contribution >= 4 is 5.71 Å². The number of hydrogen-bond acceptors (Lipinski definition) is 3. The zero-order chi connectivity index (χ0) is 9.68. The van der Waals surface area contributed by atoms with Gasteiger partial charge in [0, 0.05) is 6.42 Å². The Hall–Kier alpha value is -1.51. The average molecular weight is 179 g/mol. The summed E-state index contributed by atoms with van der Waals surface area (Å²) in [5, 5.41) is 13.2. The summed E-state index contributed by atoms with van der Waals surface area (Å²) in [6.45, 7) is 1.86. The lowest BCUT2D eigenvalue weighted by Gasteiger charge is -2.02. The fourth-order valence-electron chi connectivity index (χ4n) is 1.12. The van der Waals surface area contributed by atoms with E-state index in [9.17, 15) is 5.11 Å². The summed E-state index contributed by atoms with van der Waals surface area (Å²) in [5.74, 6) is 0.299. The minimum atomic E-state index is 0.299. The van der Waals surface area contributed by atoms with Gasteiger partial charge in [-0.3, -0.25) is 0 Å². The molecular weight excluding hydrogens is 166 g/mol. The van der Waals surface area contributed by atoms with Gasteiger partial charge in [-0.2, -0.15) is 0 Å². The van der Waals surface area contributed by atoms with E-state index in [0.29, 0.717) is 12.2 Å². The Labute approximate surface area is 77.6 Å². The fraction of sp³-hybridized carbons (Fsp3) is 0.300. The van der Waals surface area contributed by atoms with Crippen LogP contribution in [0.3, 0.4) is 0 Å². The van der Waals surface area contributed by atoms with Crippen LogP contribution >= 0.6 is 0 Å². The molecule has 0 radical (unpaired) electrons. The van der Waals surface area contributed by atoms with Crippen molar-refractivity contribution < 1.29 is 9.94 Å². The Balaban J connectivity index is 2.74. The molecule has 0 aliphatic heterocycles. The second kappa shape index (κ2) is 4.50. The molecule has 1 aromatic rings. The SMILES string of the molecule is CON=C(C)Cc1ccccc1O. The van der Waals surface area contributed by atoms with Gasteiger partial charge in [0.15, 0.2) is 0 Å². The molecular formula is C10H13NO2. The number of benzene rings is 1. The van der Waals surface area contributed by atoms with Gasteiger partial charge in [0.05, 0.1) is 5.71 Å². The second-order valence-corrected chi connectivity index (χ2v) is 2.81. The summed E-state index contributed by atoms with van der Waals surface area (Å²) >= 11 is 0. The molecule has 3 heteroatoms. The van der Waals surface area contributed by atoms with Gasteiger partial charge in [0.2, 0.25) is 0 Å². The number of phenolic OH excluding ortho intramolecular Hbond substituents is 1. The highest BCUT2D eigenvalue weighted by atomic mass is 16.6. The average Bonchev–Trinajstić information content (AvgIpc) is 2.09. The third-order valence-corrected chi connectivity index (χ3v) is 1.69. The molecule has 0 saturated carbocycles. The van der Waals surface area contributed by atoms with Crippen LogP contribution in [0.1, 0.15) is 12.5 Å². The zero-order valence-corrected chi connectivity index (χ0v) is 7.82. The maximum absolute atomic E-state index is 9.43. The summed E-state index contributed by atoms with van der Waals surface area (Å²) in [7, 11) is 1.51. The minimum absolute atomic E-state index is 0.299. The first-order chi connectivity index (χ1) is 6.24. The first-order valence-electron chi connectivity index (χ1n) is 4.07. The highest BCUT2D eigenvalue weighted by Crippen LogP contribution is 2.16. The summed E-state index contributed by atoms with van der Waals surface area (Å²) in [4.78, 5) is 4.62. The summed E-state index contributed by atoms with van der Waals surface area (Å²) in [6, 6.07) is 7.20. The van der Waals surface area contributed by atoms with E-state index in [4.69, 9.17) is 0 Å². The van der Waals surface area contributed by atoms with E-state index in [1.165, 1.54) is 7.11 Å². The van der Waals surface area contributed by atoms with Crippen LogP contribution in [0, 0.1) is 0 Å². The molecule has 1 N–H and O–H groups in total. The number of nitrogens with zero attached hydrogens (tertiary/aromatic N) is 1. The first kappa shape index (κ1) is 9.58. The summed E-state index contributed by atoms with van der Waals surface area (Å²) in [6.07, 6.45) is 0.612. The maximum atomic E-state index is 9.43. The predicted molar refractivity (Wildman–Crippen MR) is 51.9 cm³/mol. The smallest absolute Gasteiger partial charge is 0.119 e. The molecule has 13 heavy (non-hydrogen) atoms. The standard InChI is InChI=1S/C10H13NO2/c1-8(11-13-2)7-9-5-3-4-6-10(9)12/h3-6,12H,7H2,1-2H3. The van der Waals surface area contributed by atoms with Crippen LogP contribution in [0.5, 0.6) is 5.75 Å². The van der Waals surface area contributed by atoms with Gasteiger partial charge in [0.1, 0.15) is 12.9 Å². The predicted octanol–water partition coefficient (Wildman–Crippen LogP) is 1.96. The molecule has 0 heterocycles. The maximum Gasteiger partial charge on any atom is 0.119 e. The van der Waals surface area contributed by atoms with Crippen molar-refractivity contribution in [2.45, 2.75) is 13.3 Å². The third-order valence-electron chi connectivity index (χ3n) is 1.69. The summed E-state index contributed by atoms with van der Waals surface area (Å²) in [5.41, 5.74) is 1.70. The topological polar surface area (TPSA) is 41.8 Å². The number of hydrogen-bond donors (Lipinski definition) is 1. The highest BCUT2D eigenvalue weighted by Gasteiger charge is 2.01. The van der Waals surface area contributed by atoms with E-state index in [-0.39, 0.29) is 0 Å². The van der Waals surface area contributed by atoms with Crippen LogP contribution in [0.15, 0.2) is 29.4 Å². The molecule has 0 spiro atoms. The molecule has 0 bridgehead atoms. The molecule has 1 rings (SSSR count). The zero-order valence-electron chi connectivity index (χ0n) is 7.82. The van der Waals surface area contributed by atoms with Gasteiger partial charge in [-0.05, 0) is 18.6 Å². The molecule has 1 aromatic carbocycles. The lowest BCUT2D eigenvalue weighted by molar-refractivity contribution is 0.212. The van der Waals surface area contributed by atoms with Crippen LogP contribution in [0.25, 0.3) is 0 Å². The third kappa shape index (κ3) is 2.78. The quantitative estimate of drug-likeness (QED) is 0.569. The minimum Gasteiger partial charge on any atom is -0.508 e. The van der Waals surface area contributed by atoms with Crippen LogP contribution in [0.4, 0.5) is 0 Å². The van der Waals surface area contributed by atoms with Crippen molar-refractivity contribution in [1.29, 1.82) is 0 Å². The Kier molecular flexibility index (Phi) is 3.31. The van der Waals surface area contributed by atoms with Gasteiger partial charge >= 0.3 is 0 Å². The van der Waals surface area contributed by atoms with Crippen molar-refractivity contribution in [2.24, 2.45) is 5.16 Å².